The zero-order valence-electron chi connectivity index (χ0n) is 63.3. The lowest BCUT2D eigenvalue weighted by Gasteiger charge is -2.22. The minimum absolute atomic E-state index is 0.0123. The average Bonchev–Trinajstić information content (AvgIpc) is 3.78. The molecule has 0 saturated carbocycles. The molecular weight excluding hydrogens is 1140 g/mol. The molecule has 0 aromatic carbocycles. The Morgan fingerprint density at radius 1 is 0.301 bits per heavy atom. The van der Waals surface area contributed by atoms with Gasteiger partial charge in [-0.05, 0) is 83.5 Å². The fourth-order valence-corrected chi connectivity index (χ4v) is 13.7. The third-order valence-corrected chi connectivity index (χ3v) is 20.2. The summed E-state index contributed by atoms with van der Waals surface area (Å²) in [5, 5.41) is 23.5. The number of carbonyl (C=O) groups is 2. The van der Waals surface area contributed by atoms with E-state index in [1.54, 1.807) is 0 Å². The third-order valence-electron chi connectivity index (χ3n) is 20.2. The number of carbonyl (C=O) groups excluding carboxylic acids is 2. The maximum atomic E-state index is 12.6. The molecular formula is C87H167NO5. The van der Waals surface area contributed by atoms with Crippen LogP contribution in [0.2, 0.25) is 0 Å². The van der Waals surface area contributed by atoms with Gasteiger partial charge in [-0.3, -0.25) is 9.59 Å². The summed E-state index contributed by atoms with van der Waals surface area (Å²) in [5.74, 6) is -0.0135. The van der Waals surface area contributed by atoms with Crippen LogP contribution in [0.1, 0.15) is 483 Å². The fraction of sp³-hybridized carbons (Fsp3) is 0.908. The van der Waals surface area contributed by atoms with Crippen molar-refractivity contribution in [3.05, 3.63) is 36.5 Å². The van der Waals surface area contributed by atoms with Gasteiger partial charge in [0.1, 0.15) is 0 Å². The van der Waals surface area contributed by atoms with Crippen LogP contribution in [0.4, 0.5) is 0 Å². The van der Waals surface area contributed by atoms with E-state index in [4.69, 9.17) is 4.74 Å². The molecule has 0 heterocycles. The van der Waals surface area contributed by atoms with E-state index in [1.807, 2.05) is 0 Å². The largest absolute Gasteiger partial charge is 0.466 e. The summed E-state index contributed by atoms with van der Waals surface area (Å²) in [4.78, 5) is 24.7. The fourth-order valence-electron chi connectivity index (χ4n) is 13.7. The van der Waals surface area contributed by atoms with E-state index < -0.39 is 12.1 Å². The van der Waals surface area contributed by atoms with Gasteiger partial charge in [-0.15, -0.1) is 0 Å². The maximum absolute atomic E-state index is 12.6. The van der Waals surface area contributed by atoms with Crippen LogP contribution >= 0.6 is 0 Å². The highest BCUT2D eigenvalue weighted by atomic mass is 16.5. The monoisotopic (exact) mass is 1310 g/mol. The lowest BCUT2D eigenvalue weighted by atomic mass is 10.0. The number of ether oxygens (including phenoxy) is 1. The van der Waals surface area contributed by atoms with E-state index in [9.17, 15) is 19.8 Å². The van der Waals surface area contributed by atoms with Gasteiger partial charge in [-0.2, -0.15) is 0 Å². The minimum Gasteiger partial charge on any atom is -0.466 e. The Bertz CT molecular complexity index is 1510. The normalized spacial score (nSPS) is 12.6. The Hall–Kier alpha value is -1.92. The molecule has 0 spiro atoms. The first-order valence-electron chi connectivity index (χ1n) is 42.7. The highest BCUT2D eigenvalue weighted by Gasteiger charge is 2.20. The van der Waals surface area contributed by atoms with Crippen LogP contribution in [-0.4, -0.2) is 47.4 Å². The molecule has 0 bridgehead atoms. The Morgan fingerprint density at radius 3 is 0.839 bits per heavy atom. The van der Waals surface area contributed by atoms with Crippen molar-refractivity contribution in [3.8, 4) is 0 Å². The van der Waals surface area contributed by atoms with Crippen LogP contribution in [0.5, 0.6) is 0 Å². The quantitative estimate of drug-likeness (QED) is 0.0320. The highest BCUT2D eigenvalue weighted by molar-refractivity contribution is 5.76. The molecule has 0 fully saturated rings. The molecule has 6 heteroatoms. The molecule has 3 N–H and O–H groups in total. The first-order chi connectivity index (χ1) is 46.0. The maximum Gasteiger partial charge on any atom is 0.305 e. The zero-order chi connectivity index (χ0) is 67.0. The van der Waals surface area contributed by atoms with Gasteiger partial charge < -0.3 is 20.3 Å². The Kier molecular flexibility index (Phi) is 80.8. The summed E-state index contributed by atoms with van der Waals surface area (Å²) in [6.45, 7) is 4.99. The number of amides is 1. The SMILES string of the molecule is CCCCCC/C=C\C/C=C\CCCCCCCCCC(=O)OCCCCCCCCCCCCCC/C=C\CCCCCCCCCCCCCCCCCCCC(=O)NC(CO)C(O)CCCCCCCCCCCCCCCCCCCCCCCCCCC. The summed E-state index contributed by atoms with van der Waals surface area (Å²) < 4.78 is 5.51. The Balaban J connectivity index is 3.35. The first-order valence-corrected chi connectivity index (χ1v) is 42.7. The van der Waals surface area contributed by atoms with Gasteiger partial charge in [0.05, 0.1) is 25.4 Å². The zero-order valence-corrected chi connectivity index (χ0v) is 63.3. The summed E-state index contributed by atoms with van der Waals surface area (Å²) in [6, 6.07) is -0.541. The molecule has 2 unspecified atom stereocenters. The lowest BCUT2D eigenvalue weighted by Crippen LogP contribution is -2.45. The number of nitrogens with one attached hydrogen (secondary N) is 1. The standard InChI is InChI=1S/C87H167NO5/c1-3-5-7-9-11-13-15-17-19-21-23-24-25-35-38-41-44-47-51-55-59-63-67-71-75-79-85(90)84(83-89)88-86(91)80-76-72-68-64-60-56-52-48-45-42-39-36-33-31-29-27-26-28-30-32-34-37-40-43-46-50-54-58-62-66-70-74-78-82-93-87(92)81-77-73-69-65-61-57-53-49-22-20-18-16-14-12-10-8-6-4-2/h14,16,20,22,30,32,84-85,89-90H,3-13,15,17-19,21,23-29,31,33-83H2,1-2H3,(H,88,91)/b16-14-,22-20-,32-30-. The number of hydrogen-bond acceptors (Lipinski definition) is 5. The van der Waals surface area contributed by atoms with Gasteiger partial charge in [-0.25, -0.2) is 0 Å². The van der Waals surface area contributed by atoms with E-state index in [0.717, 1.165) is 51.4 Å². The van der Waals surface area contributed by atoms with Gasteiger partial charge in [0, 0.05) is 12.8 Å². The molecule has 0 aliphatic carbocycles. The Labute approximate surface area is 583 Å². The Morgan fingerprint density at radius 2 is 0.538 bits per heavy atom. The number of aliphatic hydroxyl groups is 2. The topological polar surface area (TPSA) is 95.9 Å². The van der Waals surface area contributed by atoms with Gasteiger partial charge in [0.2, 0.25) is 5.91 Å². The second-order valence-corrected chi connectivity index (χ2v) is 29.5. The molecule has 550 valence electrons. The molecule has 0 saturated heterocycles. The van der Waals surface area contributed by atoms with Crippen LogP contribution in [0.15, 0.2) is 36.5 Å². The number of aliphatic hydroxyl groups excluding tert-OH is 2. The van der Waals surface area contributed by atoms with Crippen molar-refractivity contribution in [3.63, 3.8) is 0 Å². The molecule has 0 rings (SSSR count). The van der Waals surface area contributed by atoms with E-state index in [0.29, 0.717) is 25.9 Å². The summed E-state index contributed by atoms with van der Waals surface area (Å²) in [6.07, 6.45) is 108. The molecule has 0 aliphatic heterocycles. The second kappa shape index (κ2) is 82.5. The second-order valence-electron chi connectivity index (χ2n) is 29.5. The van der Waals surface area contributed by atoms with E-state index in [2.05, 4.69) is 55.6 Å². The van der Waals surface area contributed by atoms with Crippen LogP contribution < -0.4 is 5.32 Å². The number of hydrogen-bond donors (Lipinski definition) is 3. The van der Waals surface area contributed by atoms with E-state index in [1.165, 1.54) is 398 Å². The van der Waals surface area contributed by atoms with Gasteiger partial charge in [0.25, 0.3) is 0 Å². The van der Waals surface area contributed by atoms with Crippen molar-refractivity contribution >= 4 is 11.9 Å². The predicted octanol–water partition coefficient (Wildman–Crippen LogP) is 28.6. The van der Waals surface area contributed by atoms with Crippen LogP contribution in [0, 0.1) is 0 Å². The number of rotatable bonds is 81. The van der Waals surface area contributed by atoms with Crippen molar-refractivity contribution in [2.24, 2.45) is 0 Å². The van der Waals surface area contributed by atoms with Crippen LogP contribution in [0.3, 0.4) is 0 Å². The van der Waals surface area contributed by atoms with Crippen molar-refractivity contribution in [1.29, 1.82) is 0 Å². The average molecular weight is 1310 g/mol. The van der Waals surface area contributed by atoms with E-state index >= 15 is 0 Å². The van der Waals surface area contributed by atoms with Gasteiger partial charge in [-0.1, -0.05) is 423 Å². The molecule has 0 aromatic heterocycles. The molecule has 0 aliphatic rings. The van der Waals surface area contributed by atoms with Crippen LogP contribution in [0.25, 0.3) is 0 Å². The van der Waals surface area contributed by atoms with Crippen LogP contribution in [-0.2, 0) is 14.3 Å². The van der Waals surface area contributed by atoms with E-state index in [-0.39, 0.29) is 18.5 Å². The lowest BCUT2D eigenvalue weighted by molar-refractivity contribution is -0.143. The molecule has 2 atom stereocenters. The molecule has 6 nitrogen and oxygen atoms in total. The number of esters is 1. The summed E-state index contributed by atoms with van der Waals surface area (Å²) in [7, 11) is 0. The summed E-state index contributed by atoms with van der Waals surface area (Å²) in [5.41, 5.74) is 0. The number of allylic oxidation sites excluding steroid dienone is 6. The smallest absolute Gasteiger partial charge is 0.305 e. The van der Waals surface area contributed by atoms with Crippen molar-refractivity contribution in [1.82, 2.24) is 5.32 Å². The number of unbranched alkanes of at least 4 members (excludes halogenated alkanes) is 64. The highest BCUT2D eigenvalue weighted by Crippen LogP contribution is 2.20. The minimum atomic E-state index is -0.664. The predicted molar refractivity (Wildman–Crippen MR) is 412 cm³/mol. The van der Waals surface area contributed by atoms with Gasteiger partial charge in [0.15, 0.2) is 0 Å². The molecule has 0 radical (unpaired) electrons. The third kappa shape index (κ3) is 79.0. The first kappa shape index (κ1) is 91.1. The molecule has 0 aromatic rings. The molecule has 1 amide bonds. The van der Waals surface area contributed by atoms with Gasteiger partial charge >= 0.3 is 5.97 Å². The van der Waals surface area contributed by atoms with Crippen molar-refractivity contribution < 1.29 is 24.5 Å². The molecule has 93 heavy (non-hydrogen) atoms. The van der Waals surface area contributed by atoms with Crippen molar-refractivity contribution in [2.45, 2.75) is 495 Å². The summed E-state index contributed by atoms with van der Waals surface area (Å²) >= 11 is 0. The van der Waals surface area contributed by atoms with Crippen molar-refractivity contribution in [2.75, 3.05) is 13.2 Å².